The normalized spacial score (nSPS) is 11.3. The number of rotatable bonds is 11. The predicted octanol–water partition coefficient (Wildman–Crippen LogP) is 7.76. The van der Waals surface area contributed by atoms with Gasteiger partial charge in [-0.15, -0.1) is 0 Å². The molecule has 0 fully saturated rings. The van der Waals surface area contributed by atoms with E-state index in [0.29, 0.717) is 0 Å². The van der Waals surface area contributed by atoms with Crippen molar-refractivity contribution in [2.75, 3.05) is 26.4 Å². The van der Waals surface area contributed by atoms with Gasteiger partial charge >= 0.3 is 0 Å². The van der Waals surface area contributed by atoms with Gasteiger partial charge in [-0.25, -0.2) is 0 Å². The molecule has 0 unspecified atom stereocenters. The van der Waals surface area contributed by atoms with Crippen LogP contribution in [0.4, 0.5) is 0 Å². The van der Waals surface area contributed by atoms with E-state index in [4.69, 9.17) is 9.47 Å². The largest absolute Gasteiger partial charge is 0.491 e. The minimum absolute atomic E-state index is 0.0449. The minimum Gasteiger partial charge on any atom is -0.491 e. The number of hydrogen-bond acceptors (Lipinski definition) is 4. The third-order valence-electron chi connectivity index (χ3n) is 7.45. The lowest BCUT2D eigenvalue weighted by atomic mass is 9.75. The average Bonchev–Trinajstić information content (AvgIpc) is 3.03. The maximum atomic E-state index is 9.63. The summed E-state index contributed by atoms with van der Waals surface area (Å²) < 4.78 is 12.2. The van der Waals surface area contributed by atoms with Gasteiger partial charge in [-0.2, -0.15) is 0 Å². The second kappa shape index (κ2) is 12.9. The first-order valence-electron chi connectivity index (χ1n) is 14.0. The van der Waals surface area contributed by atoms with Crippen LogP contribution < -0.4 is 9.47 Å². The third-order valence-corrected chi connectivity index (χ3v) is 7.45. The van der Waals surface area contributed by atoms with Crippen LogP contribution in [0.25, 0.3) is 33.4 Å². The summed E-state index contributed by atoms with van der Waals surface area (Å²) in [5.41, 5.74) is 7.98. The molecule has 0 atom stereocenters. The van der Waals surface area contributed by atoms with Gasteiger partial charge in [0.1, 0.15) is 24.7 Å². The van der Waals surface area contributed by atoms with Gasteiger partial charge in [-0.1, -0.05) is 111 Å². The lowest BCUT2D eigenvalue weighted by Crippen LogP contribution is -2.20. The molecule has 0 spiro atoms. The van der Waals surface area contributed by atoms with Crippen LogP contribution in [0.5, 0.6) is 11.5 Å². The lowest BCUT2D eigenvalue weighted by molar-refractivity contribution is 0.202. The Morgan fingerprint density at radius 2 is 0.951 bits per heavy atom. The van der Waals surface area contributed by atoms with Crippen molar-refractivity contribution < 1.29 is 19.7 Å². The van der Waals surface area contributed by atoms with Crippen molar-refractivity contribution in [2.45, 2.75) is 19.3 Å². The van der Waals surface area contributed by atoms with Gasteiger partial charge in [0.05, 0.1) is 13.2 Å². The van der Waals surface area contributed by atoms with Crippen molar-refractivity contribution >= 4 is 0 Å². The summed E-state index contributed by atoms with van der Waals surface area (Å²) in [5, 5.41) is 19.0. The van der Waals surface area contributed by atoms with Crippen LogP contribution in [0.15, 0.2) is 121 Å². The first-order chi connectivity index (χ1) is 20.0. The molecule has 0 heterocycles. The number of benzene rings is 5. The molecular weight excluding hydrogens is 508 g/mol. The van der Waals surface area contributed by atoms with Crippen LogP contribution in [0.3, 0.4) is 0 Å². The zero-order chi connectivity index (χ0) is 28.7. The molecule has 0 aliphatic rings. The summed E-state index contributed by atoms with van der Waals surface area (Å²) in [6.07, 6.45) is 0. The molecule has 0 aromatic heterocycles. The Morgan fingerprint density at radius 1 is 0.512 bits per heavy atom. The highest BCUT2D eigenvalue weighted by molar-refractivity contribution is 5.84. The van der Waals surface area contributed by atoms with Gasteiger partial charge in [0.15, 0.2) is 0 Å². The fraction of sp³-hybridized carbons (Fsp3) is 0.189. The van der Waals surface area contributed by atoms with Gasteiger partial charge in [-0.05, 0) is 52.1 Å². The van der Waals surface area contributed by atoms with E-state index in [1.54, 1.807) is 0 Å². The molecule has 0 aliphatic heterocycles. The van der Waals surface area contributed by atoms with Crippen molar-refractivity contribution in [2.24, 2.45) is 0 Å². The Kier molecular flexibility index (Phi) is 8.83. The van der Waals surface area contributed by atoms with Gasteiger partial charge in [-0.3, -0.25) is 0 Å². The predicted molar refractivity (Wildman–Crippen MR) is 166 cm³/mol. The van der Waals surface area contributed by atoms with Crippen LogP contribution in [0.2, 0.25) is 0 Å². The number of aliphatic hydroxyl groups excluding tert-OH is 2. The van der Waals surface area contributed by atoms with E-state index >= 15 is 0 Å². The van der Waals surface area contributed by atoms with Crippen molar-refractivity contribution in [3.63, 3.8) is 0 Å². The molecule has 0 aliphatic carbocycles. The van der Waals surface area contributed by atoms with E-state index in [1.807, 2.05) is 60.7 Å². The van der Waals surface area contributed by atoms with Gasteiger partial charge in [0.2, 0.25) is 0 Å². The first-order valence-corrected chi connectivity index (χ1v) is 14.0. The van der Waals surface area contributed by atoms with Crippen molar-refractivity contribution in [1.82, 2.24) is 0 Å². The highest BCUT2D eigenvalue weighted by Gasteiger charge is 2.28. The molecule has 208 valence electrons. The maximum absolute atomic E-state index is 9.63. The molecule has 4 nitrogen and oxygen atoms in total. The Bertz CT molecular complexity index is 1500. The molecule has 5 aromatic carbocycles. The highest BCUT2D eigenvalue weighted by atomic mass is 16.5. The van der Waals surface area contributed by atoms with Gasteiger partial charge in [0, 0.05) is 22.1 Å². The van der Waals surface area contributed by atoms with Crippen molar-refractivity contribution in [1.29, 1.82) is 0 Å². The first kappa shape index (κ1) is 28.2. The fourth-order valence-electron chi connectivity index (χ4n) is 5.17. The van der Waals surface area contributed by atoms with E-state index in [1.165, 1.54) is 0 Å². The molecule has 0 amide bonds. The van der Waals surface area contributed by atoms with E-state index in [9.17, 15) is 10.2 Å². The smallest absolute Gasteiger partial charge is 0.135 e. The maximum Gasteiger partial charge on any atom is 0.135 e. The van der Waals surface area contributed by atoms with E-state index in [-0.39, 0.29) is 31.8 Å². The summed E-state index contributed by atoms with van der Waals surface area (Å²) in [5.74, 6) is 1.50. The molecule has 0 saturated heterocycles. The second-order valence-electron chi connectivity index (χ2n) is 10.5. The molecule has 0 bridgehead atoms. The molecule has 41 heavy (non-hydrogen) atoms. The van der Waals surface area contributed by atoms with Crippen molar-refractivity contribution in [3.8, 4) is 44.9 Å². The van der Waals surface area contributed by atoms with Crippen molar-refractivity contribution in [3.05, 3.63) is 132 Å². The number of ether oxygens (including phenoxy) is 2. The highest BCUT2D eigenvalue weighted by Crippen LogP contribution is 2.45. The molecule has 0 radical (unpaired) electrons. The standard InChI is InChI=1S/C37H36O4/c1-37(2,30-18-19-35(40-22-20-38)32(24-30)27-12-6-3-7-13-27)31-25-33(28-14-8-4-9-15-28)36(41-23-21-39)34(26-31)29-16-10-5-11-17-29/h3-19,24-26,38-39H,20-23H2,1-2H3. The molecule has 2 N–H and O–H groups in total. The summed E-state index contributed by atoms with van der Waals surface area (Å²) in [6, 6.07) is 41.4. The van der Waals surface area contributed by atoms with E-state index < -0.39 is 0 Å². The quantitative estimate of drug-likeness (QED) is 0.178. The van der Waals surface area contributed by atoms with Crippen LogP contribution in [0, 0.1) is 0 Å². The molecule has 5 aromatic rings. The van der Waals surface area contributed by atoms with Crippen LogP contribution >= 0.6 is 0 Å². The topological polar surface area (TPSA) is 58.9 Å². The zero-order valence-corrected chi connectivity index (χ0v) is 23.6. The van der Waals surface area contributed by atoms with Gasteiger partial charge < -0.3 is 19.7 Å². The third kappa shape index (κ3) is 6.19. The zero-order valence-electron chi connectivity index (χ0n) is 23.6. The van der Waals surface area contributed by atoms with Crippen LogP contribution in [-0.4, -0.2) is 36.6 Å². The molecule has 4 heteroatoms. The lowest BCUT2D eigenvalue weighted by Gasteiger charge is -2.30. The number of hydrogen-bond donors (Lipinski definition) is 2. The minimum atomic E-state index is -0.387. The summed E-state index contributed by atoms with van der Waals surface area (Å²) in [6.45, 7) is 4.80. The summed E-state index contributed by atoms with van der Waals surface area (Å²) >= 11 is 0. The SMILES string of the molecule is CC(C)(c1ccc(OCCO)c(-c2ccccc2)c1)c1cc(-c2ccccc2)c(OCCO)c(-c2ccccc2)c1. The van der Waals surface area contributed by atoms with Crippen LogP contribution in [-0.2, 0) is 5.41 Å². The van der Waals surface area contributed by atoms with E-state index in [2.05, 4.69) is 74.5 Å². The Labute approximate surface area is 242 Å². The Balaban J connectivity index is 1.71. The monoisotopic (exact) mass is 544 g/mol. The number of aliphatic hydroxyl groups is 2. The molecular formula is C37H36O4. The molecule has 5 rings (SSSR count). The fourth-order valence-corrected chi connectivity index (χ4v) is 5.17. The average molecular weight is 545 g/mol. The molecule has 0 saturated carbocycles. The van der Waals surface area contributed by atoms with E-state index in [0.717, 1.165) is 56.0 Å². The Hall–Kier alpha value is -4.38. The Morgan fingerprint density at radius 3 is 1.44 bits per heavy atom. The summed E-state index contributed by atoms with van der Waals surface area (Å²) in [4.78, 5) is 0. The van der Waals surface area contributed by atoms with Gasteiger partial charge in [0.25, 0.3) is 0 Å². The van der Waals surface area contributed by atoms with Crippen LogP contribution in [0.1, 0.15) is 25.0 Å². The second-order valence-corrected chi connectivity index (χ2v) is 10.5. The summed E-state index contributed by atoms with van der Waals surface area (Å²) in [7, 11) is 0.